The summed E-state index contributed by atoms with van der Waals surface area (Å²) < 4.78 is 10.3. The molecule has 0 bridgehead atoms. The van der Waals surface area contributed by atoms with Crippen LogP contribution in [0.3, 0.4) is 0 Å². The molecule has 0 aliphatic carbocycles. The van der Waals surface area contributed by atoms with E-state index in [0.717, 1.165) is 6.42 Å². The molecule has 0 aliphatic rings. The van der Waals surface area contributed by atoms with Gasteiger partial charge in [0, 0.05) is 6.07 Å². The van der Waals surface area contributed by atoms with Gasteiger partial charge in [0.1, 0.15) is 11.5 Å². The first-order chi connectivity index (χ1) is 9.53. The van der Waals surface area contributed by atoms with Gasteiger partial charge in [0.2, 0.25) is 0 Å². The van der Waals surface area contributed by atoms with E-state index in [0.29, 0.717) is 23.5 Å². The average molecular weight is 296 g/mol. The minimum atomic E-state index is -0.311. The van der Waals surface area contributed by atoms with Crippen molar-refractivity contribution in [3.63, 3.8) is 0 Å². The molecule has 0 fully saturated rings. The summed E-state index contributed by atoms with van der Waals surface area (Å²) in [4.78, 5) is 12.6. The first-order valence-corrected chi connectivity index (χ1v) is 6.76. The van der Waals surface area contributed by atoms with Gasteiger partial charge >= 0.3 is 0 Å². The number of hydrogen-bond acceptors (Lipinski definition) is 4. The highest BCUT2D eigenvalue weighted by molar-refractivity contribution is 7.80. The average Bonchev–Trinajstić information content (AvgIpc) is 2.45. The number of nitrogens with two attached hydrogens (primary N) is 1. The summed E-state index contributed by atoms with van der Waals surface area (Å²) in [5, 5.41) is 2.82. The second-order valence-electron chi connectivity index (χ2n) is 4.28. The number of nitrogens with one attached hydrogen (secondary N) is 1. The van der Waals surface area contributed by atoms with Crippen molar-refractivity contribution in [2.45, 2.75) is 25.8 Å². The summed E-state index contributed by atoms with van der Waals surface area (Å²) in [6.07, 6.45) is 1.58. The van der Waals surface area contributed by atoms with Crippen LogP contribution in [0.1, 0.15) is 30.1 Å². The van der Waals surface area contributed by atoms with Crippen molar-refractivity contribution in [1.82, 2.24) is 5.32 Å². The number of amides is 1. The molecule has 1 aromatic rings. The summed E-state index contributed by atoms with van der Waals surface area (Å²) in [5.41, 5.74) is 6.05. The van der Waals surface area contributed by atoms with Crippen molar-refractivity contribution in [2.24, 2.45) is 5.73 Å². The highest BCUT2D eigenvalue weighted by Crippen LogP contribution is 2.24. The number of ether oxygens (including phenoxy) is 2. The zero-order valence-corrected chi connectivity index (χ0v) is 12.8. The van der Waals surface area contributed by atoms with E-state index in [2.05, 4.69) is 5.32 Å². The summed E-state index contributed by atoms with van der Waals surface area (Å²) in [6, 6.07) is 4.70. The SMILES string of the molecule is CCCC(NC(=O)c1ccc(OC)cc1OC)C(N)=S. The molecular formula is C14H20N2O3S. The van der Waals surface area contributed by atoms with E-state index in [-0.39, 0.29) is 16.9 Å². The Balaban J connectivity index is 2.93. The number of methoxy groups -OCH3 is 2. The largest absolute Gasteiger partial charge is 0.497 e. The van der Waals surface area contributed by atoms with E-state index in [4.69, 9.17) is 27.4 Å². The lowest BCUT2D eigenvalue weighted by molar-refractivity contribution is 0.0942. The van der Waals surface area contributed by atoms with Crippen LogP contribution in [-0.2, 0) is 0 Å². The molecule has 0 radical (unpaired) electrons. The lowest BCUT2D eigenvalue weighted by Crippen LogP contribution is -2.43. The van der Waals surface area contributed by atoms with Crippen LogP contribution in [-0.4, -0.2) is 31.2 Å². The van der Waals surface area contributed by atoms with Gasteiger partial charge in [0.25, 0.3) is 5.91 Å². The summed E-state index contributed by atoms with van der Waals surface area (Å²) in [7, 11) is 3.06. The molecule has 0 saturated carbocycles. The second kappa shape index (κ2) is 7.69. The number of carbonyl (C=O) groups excluding carboxylic acids is 1. The fourth-order valence-corrected chi connectivity index (χ4v) is 1.97. The maximum Gasteiger partial charge on any atom is 0.255 e. The van der Waals surface area contributed by atoms with Crippen LogP contribution in [0.2, 0.25) is 0 Å². The van der Waals surface area contributed by atoms with Crippen LogP contribution in [0, 0.1) is 0 Å². The Hall–Kier alpha value is -1.82. The third-order valence-electron chi connectivity index (χ3n) is 2.88. The van der Waals surface area contributed by atoms with Crippen molar-refractivity contribution in [3.05, 3.63) is 23.8 Å². The standard InChI is InChI=1S/C14H20N2O3S/c1-4-5-11(13(15)20)16-14(17)10-7-6-9(18-2)8-12(10)19-3/h6-8,11H,4-5H2,1-3H3,(H2,15,20)(H,16,17). The second-order valence-corrected chi connectivity index (χ2v) is 4.75. The van der Waals surface area contributed by atoms with Crippen molar-refractivity contribution >= 4 is 23.1 Å². The molecule has 110 valence electrons. The Labute approximate surface area is 124 Å². The Morgan fingerprint density at radius 2 is 2.10 bits per heavy atom. The number of rotatable bonds is 7. The summed E-state index contributed by atoms with van der Waals surface area (Å²) >= 11 is 4.96. The molecule has 20 heavy (non-hydrogen) atoms. The maximum atomic E-state index is 12.3. The van der Waals surface area contributed by atoms with E-state index < -0.39 is 0 Å². The van der Waals surface area contributed by atoms with E-state index in [1.807, 2.05) is 6.92 Å². The smallest absolute Gasteiger partial charge is 0.255 e. The third kappa shape index (κ3) is 4.09. The fourth-order valence-electron chi connectivity index (χ4n) is 1.80. The highest BCUT2D eigenvalue weighted by Gasteiger charge is 2.18. The molecule has 0 heterocycles. The normalized spacial score (nSPS) is 11.6. The van der Waals surface area contributed by atoms with Gasteiger partial charge in [-0.1, -0.05) is 25.6 Å². The zero-order chi connectivity index (χ0) is 15.1. The van der Waals surface area contributed by atoms with Gasteiger partial charge in [-0.15, -0.1) is 0 Å². The van der Waals surface area contributed by atoms with Crippen molar-refractivity contribution in [3.8, 4) is 11.5 Å². The first-order valence-electron chi connectivity index (χ1n) is 6.35. The minimum absolute atomic E-state index is 0.268. The fraction of sp³-hybridized carbons (Fsp3) is 0.429. The first kappa shape index (κ1) is 16.2. The molecule has 1 aromatic carbocycles. The lowest BCUT2D eigenvalue weighted by Gasteiger charge is -2.17. The molecule has 1 atom stereocenters. The topological polar surface area (TPSA) is 73.6 Å². The molecule has 0 aliphatic heterocycles. The molecule has 1 rings (SSSR count). The Morgan fingerprint density at radius 3 is 2.60 bits per heavy atom. The highest BCUT2D eigenvalue weighted by atomic mass is 32.1. The molecule has 5 nitrogen and oxygen atoms in total. The molecule has 0 spiro atoms. The maximum absolute atomic E-state index is 12.3. The van der Waals surface area contributed by atoms with Crippen molar-refractivity contribution in [1.29, 1.82) is 0 Å². The van der Waals surface area contributed by atoms with Crippen LogP contribution in [0.4, 0.5) is 0 Å². The van der Waals surface area contributed by atoms with Crippen LogP contribution < -0.4 is 20.5 Å². The number of hydrogen-bond donors (Lipinski definition) is 2. The molecular weight excluding hydrogens is 276 g/mol. The van der Waals surface area contributed by atoms with Gasteiger partial charge in [-0.2, -0.15) is 0 Å². The number of carbonyl (C=O) groups is 1. The van der Waals surface area contributed by atoms with Crippen molar-refractivity contribution in [2.75, 3.05) is 14.2 Å². The molecule has 0 saturated heterocycles. The molecule has 6 heteroatoms. The Kier molecular flexibility index (Phi) is 6.24. The van der Waals surface area contributed by atoms with Crippen LogP contribution >= 0.6 is 12.2 Å². The van der Waals surface area contributed by atoms with Crippen LogP contribution in [0.15, 0.2) is 18.2 Å². The quantitative estimate of drug-likeness (QED) is 0.752. The predicted octanol–water partition coefficient (Wildman–Crippen LogP) is 1.89. The number of benzene rings is 1. The van der Waals surface area contributed by atoms with Crippen molar-refractivity contribution < 1.29 is 14.3 Å². The van der Waals surface area contributed by atoms with Crippen LogP contribution in [0.25, 0.3) is 0 Å². The molecule has 1 amide bonds. The Bertz CT molecular complexity index is 491. The Morgan fingerprint density at radius 1 is 1.40 bits per heavy atom. The minimum Gasteiger partial charge on any atom is -0.497 e. The molecule has 1 unspecified atom stereocenters. The summed E-state index contributed by atoms with van der Waals surface area (Å²) in [6.45, 7) is 2.01. The van der Waals surface area contributed by atoms with E-state index in [1.165, 1.54) is 7.11 Å². The van der Waals surface area contributed by atoms with E-state index >= 15 is 0 Å². The lowest BCUT2D eigenvalue weighted by atomic mass is 10.1. The van der Waals surface area contributed by atoms with E-state index in [9.17, 15) is 4.79 Å². The molecule has 3 N–H and O–H groups in total. The predicted molar refractivity (Wildman–Crippen MR) is 82.5 cm³/mol. The molecule has 0 aromatic heterocycles. The monoisotopic (exact) mass is 296 g/mol. The van der Waals surface area contributed by atoms with Gasteiger partial charge < -0.3 is 20.5 Å². The van der Waals surface area contributed by atoms with Gasteiger partial charge in [-0.05, 0) is 18.6 Å². The number of thiocarbonyl (C=S) groups is 1. The van der Waals surface area contributed by atoms with Gasteiger partial charge in [0.15, 0.2) is 0 Å². The zero-order valence-electron chi connectivity index (χ0n) is 11.9. The van der Waals surface area contributed by atoms with Gasteiger partial charge in [0.05, 0.1) is 30.8 Å². The van der Waals surface area contributed by atoms with Gasteiger partial charge in [-0.3, -0.25) is 4.79 Å². The van der Waals surface area contributed by atoms with E-state index in [1.54, 1.807) is 25.3 Å². The van der Waals surface area contributed by atoms with Gasteiger partial charge in [-0.25, -0.2) is 0 Å². The summed E-state index contributed by atoms with van der Waals surface area (Å²) in [5.74, 6) is 0.800. The third-order valence-corrected chi connectivity index (χ3v) is 3.16. The van der Waals surface area contributed by atoms with Crippen LogP contribution in [0.5, 0.6) is 11.5 Å².